The minimum atomic E-state index is -0.384. The highest BCUT2D eigenvalue weighted by molar-refractivity contribution is 8.00. The third kappa shape index (κ3) is 4.01. The Morgan fingerprint density at radius 1 is 1.16 bits per heavy atom. The van der Waals surface area contributed by atoms with Crippen LogP contribution in [0.4, 0.5) is 4.39 Å². The molecule has 4 heterocycles. The summed E-state index contributed by atoms with van der Waals surface area (Å²) >= 11 is 1.72. The second-order valence-corrected chi connectivity index (χ2v) is 8.73. The second kappa shape index (κ2) is 8.54. The van der Waals surface area contributed by atoms with E-state index in [0.717, 1.165) is 11.3 Å². The summed E-state index contributed by atoms with van der Waals surface area (Å²) in [4.78, 5) is 21.0. The van der Waals surface area contributed by atoms with E-state index in [2.05, 4.69) is 20.3 Å². The summed E-state index contributed by atoms with van der Waals surface area (Å²) in [6, 6.07) is 10.5. The van der Waals surface area contributed by atoms with Gasteiger partial charge in [-0.1, -0.05) is 11.6 Å². The van der Waals surface area contributed by atoms with E-state index in [1.54, 1.807) is 34.9 Å². The van der Waals surface area contributed by atoms with Gasteiger partial charge in [0.25, 0.3) is 5.91 Å². The molecule has 5 rings (SSSR count). The molecule has 32 heavy (non-hydrogen) atoms. The number of amides is 1. The number of pyridine rings is 1. The predicted octanol–water partition coefficient (Wildman–Crippen LogP) is 3.19. The van der Waals surface area contributed by atoms with E-state index in [1.807, 2.05) is 42.3 Å². The van der Waals surface area contributed by atoms with E-state index < -0.39 is 0 Å². The quantitative estimate of drug-likeness (QED) is 0.466. The zero-order valence-corrected chi connectivity index (χ0v) is 18.1. The van der Waals surface area contributed by atoms with Crippen molar-refractivity contribution in [3.05, 3.63) is 78.1 Å². The first-order chi connectivity index (χ1) is 15.6. The first-order valence-electron chi connectivity index (χ1n) is 10.1. The van der Waals surface area contributed by atoms with Crippen LogP contribution in [-0.2, 0) is 6.54 Å². The molecule has 162 valence electrons. The first-order valence-corrected chi connectivity index (χ1v) is 11.2. The fourth-order valence-corrected chi connectivity index (χ4v) is 4.90. The number of thioether (sulfide) groups is 1. The Morgan fingerprint density at radius 2 is 2.00 bits per heavy atom. The summed E-state index contributed by atoms with van der Waals surface area (Å²) in [6.07, 6.45) is 6.21. The van der Waals surface area contributed by atoms with Crippen LogP contribution in [0.2, 0.25) is 0 Å². The minimum absolute atomic E-state index is 0.0522. The number of carbonyl (C=O) groups is 1. The van der Waals surface area contributed by atoms with Gasteiger partial charge in [0, 0.05) is 18.5 Å². The van der Waals surface area contributed by atoms with E-state index >= 15 is 0 Å². The molecule has 0 bridgehead atoms. The van der Waals surface area contributed by atoms with Crippen molar-refractivity contribution in [3.8, 4) is 17.1 Å². The van der Waals surface area contributed by atoms with E-state index in [-0.39, 0.29) is 17.1 Å². The second-order valence-electron chi connectivity index (χ2n) is 7.45. The maximum absolute atomic E-state index is 13.5. The minimum Gasteiger partial charge on any atom is -0.324 e. The van der Waals surface area contributed by atoms with Crippen molar-refractivity contribution >= 4 is 17.7 Å². The fraction of sp³-hybridized carbons (Fsp3) is 0.227. The molecular formula is C22H20FN7OS. The van der Waals surface area contributed by atoms with Crippen LogP contribution in [0.1, 0.15) is 15.9 Å². The third-order valence-corrected chi connectivity index (χ3v) is 6.45. The van der Waals surface area contributed by atoms with Crippen molar-refractivity contribution in [2.45, 2.75) is 18.8 Å². The lowest BCUT2D eigenvalue weighted by Gasteiger charge is -2.25. The molecule has 0 saturated carbocycles. The van der Waals surface area contributed by atoms with Gasteiger partial charge in [-0.25, -0.2) is 4.39 Å². The highest BCUT2D eigenvalue weighted by Crippen LogP contribution is 2.29. The molecular weight excluding hydrogens is 429 g/mol. The topological polar surface area (TPSA) is 81.7 Å². The molecule has 1 aliphatic rings. The Labute approximate surface area is 188 Å². The molecule has 4 aromatic rings. The number of carbonyl (C=O) groups excluding carboxylic acids is 1. The van der Waals surface area contributed by atoms with Crippen LogP contribution in [0.5, 0.6) is 0 Å². The molecule has 1 amide bonds. The number of nitrogens with zero attached hydrogens (tertiary/aromatic N) is 7. The first kappa shape index (κ1) is 20.4. The van der Waals surface area contributed by atoms with Gasteiger partial charge in [0.05, 0.1) is 47.5 Å². The molecule has 0 N–H and O–H groups in total. The normalized spacial score (nSPS) is 15.9. The molecule has 1 aromatic carbocycles. The Kier molecular flexibility index (Phi) is 5.44. The smallest absolute Gasteiger partial charge is 0.257 e. The summed E-state index contributed by atoms with van der Waals surface area (Å²) in [5.74, 6) is 0.416. The SMILES string of the molecule is Cc1ccc(-n2nccn2)c(C(=O)N2CCS[C@H]2Cn2ccc(-c3ccc(F)cn3)n2)c1. The van der Waals surface area contributed by atoms with Gasteiger partial charge < -0.3 is 4.90 Å². The van der Waals surface area contributed by atoms with E-state index in [0.29, 0.717) is 35.7 Å². The largest absolute Gasteiger partial charge is 0.324 e. The monoisotopic (exact) mass is 449 g/mol. The van der Waals surface area contributed by atoms with Gasteiger partial charge in [-0.05, 0) is 37.3 Å². The van der Waals surface area contributed by atoms with Crippen molar-refractivity contribution < 1.29 is 9.18 Å². The standard InChI is InChI=1S/C22H20FN7OS/c1-15-2-5-20(30-25-7-8-26-30)17(12-15)22(31)29-10-11-32-21(29)14-28-9-6-19(27-28)18-4-3-16(23)13-24-18/h2-9,12-13,21H,10-11,14H2,1H3/t21-/m0/s1. The highest BCUT2D eigenvalue weighted by Gasteiger charge is 2.32. The van der Waals surface area contributed by atoms with Crippen LogP contribution in [0, 0.1) is 12.7 Å². The summed E-state index contributed by atoms with van der Waals surface area (Å²) in [7, 11) is 0. The van der Waals surface area contributed by atoms with Gasteiger partial charge in [0.15, 0.2) is 0 Å². The molecule has 0 aliphatic carbocycles. The van der Waals surface area contributed by atoms with Crippen molar-refractivity contribution in [2.75, 3.05) is 12.3 Å². The predicted molar refractivity (Wildman–Crippen MR) is 119 cm³/mol. The van der Waals surface area contributed by atoms with Crippen LogP contribution in [-0.4, -0.2) is 58.2 Å². The third-order valence-electron chi connectivity index (χ3n) is 5.24. The number of benzene rings is 1. The molecule has 1 fully saturated rings. The fourth-order valence-electron chi connectivity index (χ4n) is 3.68. The molecule has 0 unspecified atom stereocenters. The van der Waals surface area contributed by atoms with Gasteiger partial charge >= 0.3 is 0 Å². The van der Waals surface area contributed by atoms with Crippen LogP contribution >= 0.6 is 11.8 Å². The van der Waals surface area contributed by atoms with Gasteiger partial charge in [0.1, 0.15) is 11.5 Å². The summed E-state index contributed by atoms with van der Waals surface area (Å²) in [5.41, 5.74) is 3.50. The van der Waals surface area contributed by atoms with Gasteiger partial charge in [-0.3, -0.25) is 14.5 Å². The summed E-state index contributed by atoms with van der Waals surface area (Å²) < 4.78 is 14.9. The molecule has 1 atom stereocenters. The van der Waals surface area contributed by atoms with Crippen molar-refractivity contribution in [3.63, 3.8) is 0 Å². The molecule has 3 aromatic heterocycles. The van der Waals surface area contributed by atoms with Gasteiger partial charge in [-0.15, -0.1) is 11.8 Å². The molecule has 1 saturated heterocycles. The lowest BCUT2D eigenvalue weighted by Crippen LogP contribution is -2.38. The van der Waals surface area contributed by atoms with E-state index in [4.69, 9.17) is 0 Å². The maximum Gasteiger partial charge on any atom is 0.257 e. The molecule has 8 nitrogen and oxygen atoms in total. The number of aryl methyl sites for hydroxylation is 1. The van der Waals surface area contributed by atoms with Crippen molar-refractivity contribution in [1.29, 1.82) is 0 Å². The van der Waals surface area contributed by atoms with Crippen LogP contribution in [0.15, 0.2) is 61.2 Å². The van der Waals surface area contributed by atoms with E-state index in [9.17, 15) is 9.18 Å². The number of rotatable bonds is 5. The van der Waals surface area contributed by atoms with Crippen LogP contribution in [0.25, 0.3) is 17.1 Å². The van der Waals surface area contributed by atoms with Crippen molar-refractivity contribution in [1.82, 2.24) is 34.7 Å². The number of aromatic nitrogens is 6. The number of halogens is 1. The number of hydrogen-bond donors (Lipinski definition) is 0. The van der Waals surface area contributed by atoms with Crippen LogP contribution < -0.4 is 0 Å². The van der Waals surface area contributed by atoms with Crippen molar-refractivity contribution in [2.24, 2.45) is 0 Å². The zero-order valence-electron chi connectivity index (χ0n) is 17.3. The molecule has 0 spiro atoms. The van der Waals surface area contributed by atoms with Gasteiger partial charge in [-0.2, -0.15) is 20.1 Å². The Balaban J connectivity index is 1.37. The summed E-state index contributed by atoms with van der Waals surface area (Å²) in [6.45, 7) is 3.16. The van der Waals surface area contributed by atoms with E-state index in [1.165, 1.54) is 17.1 Å². The molecule has 1 aliphatic heterocycles. The molecule has 10 heteroatoms. The Hall–Kier alpha value is -3.53. The highest BCUT2D eigenvalue weighted by atomic mass is 32.2. The number of hydrogen-bond acceptors (Lipinski definition) is 6. The summed E-state index contributed by atoms with van der Waals surface area (Å²) in [5, 5.41) is 12.9. The Bertz CT molecular complexity index is 1240. The Morgan fingerprint density at radius 3 is 2.78 bits per heavy atom. The lowest BCUT2D eigenvalue weighted by molar-refractivity contribution is 0.0750. The average molecular weight is 450 g/mol. The zero-order chi connectivity index (χ0) is 22.1. The van der Waals surface area contributed by atoms with Gasteiger partial charge in [0.2, 0.25) is 0 Å². The average Bonchev–Trinajstić information content (AvgIpc) is 3.56. The lowest BCUT2D eigenvalue weighted by atomic mass is 10.1. The molecule has 0 radical (unpaired) electrons. The maximum atomic E-state index is 13.5. The van der Waals surface area contributed by atoms with Crippen LogP contribution in [0.3, 0.4) is 0 Å².